The molecule has 1 aromatic carbocycles. The highest BCUT2D eigenvalue weighted by atomic mass is 15.0. The van der Waals surface area contributed by atoms with E-state index in [0.29, 0.717) is 18.4 Å². The van der Waals surface area contributed by atoms with E-state index in [1.165, 1.54) is 11.3 Å². The van der Waals surface area contributed by atoms with E-state index in [1.807, 2.05) is 6.07 Å². The molecule has 1 unspecified atom stereocenters. The number of H-pyrrole nitrogens is 1. The van der Waals surface area contributed by atoms with E-state index < -0.39 is 0 Å². The first-order valence-corrected chi connectivity index (χ1v) is 7.39. The Morgan fingerprint density at radius 2 is 1.75 bits per heavy atom. The maximum Gasteiger partial charge on any atom is 0.111 e. The molecule has 2 aromatic rings. The highest BCUT2D eigenvalue weighted by Crippen LogP contribution is 2.30. The Kier molecular flexibility index (Phi) is 4.61. The Balaban J connectivity index is 2.49. The summed E-state index contributed by atoms with van der Waals surface area (Å²) in [6.07, 6.45) is 0. The van der Waals surface area contributed by atoms with E-state index in [1.54, 1.807) is 0 Å². The highest BCUT2D eigenvalue weighted by Gasteiger charge is 2.22. The second kappa shape index (κ2) is 6.23. The lowest BCUT2D eigenvalue weighted by atomic mass is 9.95. The van der Waals surface area contributed by atoms with Crippen LogP contribution < -0.4 is 5.73 Å². The van der Waals surface area contributed by atoms with Crippen LogP contribution in [0.2, 0.25) is 0 Å². The molecule has 0 aliphatic heterocycles. The molecule has 0 aliphatic carbocycles. The van der Waals surface area contributed by atoms with Gasteiger partial charge in [-0.1, -0.05) is 58.0 Å². The van der Waals surface area contributed by atoms with Crippen molar-refractivity contribution < 1.29 is 0 Å². The molecule has 3 nitrogen and oxygen atoms in total. The van der Waals surface area contributed by atoms with Crippen LogP contribution in [-0.2, 0) is 0 Å². The molecule has 0 saturated carbocycles. The van der Waals surface area contributed by atoms with Crippen molar-refractivity contribution >= 4 is 0 Å². The fraction of sp³-hybridized carbons (Fsp3) is 0.471. The van der Waals surface area contributed by atoms with Crippen LogP contribution in [0.4, 0.5) is 0 Å². The van der Waals surface area contributed by atoms with Gasteiger partial charge in [0.05, 0.1) is 5.69 Å². The molecular formula is C17H25N3. The second-order valence-corrected chi connectivity index (χ2v) is 5.99. The molecule has 0 aliphatic rings. The van der Waals surface area contributed by atoms with Crippen molar-refractivity contribution in [2.45, 2.75) is 39.5 Å². The monoisotopic (exact) mass is 271 g/mol. The van der Waals surface area contributed by atoms with Gasteiger partial charge in [-0.05, 0) is 11.8 Å². The molecule has 0 radical (unpaired) electrons. The predicted octanol–water partition coefficient (Wildman–Crippen LogP) is 3.90. The van der Waals surface area contributed by atoms with Crippen LogP contribution in [0.5, 0.6) is 0 Å². The van der Waals surface area contributed by atoms with Crippen molar-refractivity contribution in [3.05, 3.63) is 41.9 Å². The van der Waals surface area contributed by atoms with Crippen LogP contribution in [0.3, 0.4) is 0 Å². The number of nitrogens with zero attached hydrogens (tertiary/aromatic N) is 1. The van der Waals surface area contributed by atoms with Crippen molar-refractivity contribution in [3.8, 4) is 11.3 Å². The van der Waals surface area contributed by atoms with Crippen LogP contribution >= 0.6 is 0 Å². The van der Waals surface area contributed by atoms with Gasteiger partial charge in [0.15, 0.2) is 0 Å². The third-order valence-electron chi connectivity index (χ3n) is 3.78. The summed E-state index contributed by atoms with van der Waals surface area (Å²) >= 11 is 0. The SMILES string of the molecule is CC(C)c1[nH]c(C(CN)C(C)C)nc1-c1ccccc1. The summed E-state index contributed by atoms with van der Waals surface area (Å²) in [6.45, 7) is 9.39. The molecule has 2 rings (SSSR count). The standard InChI is InChI=1S/C17H25N3/c1-11(2)14(10-18)17-19-15(12(3)4)16(20-17)13-8-6-5-7-9-13/h5-9,11-12,14H,10,18H2,1-4H3,(H,19,20). The number of benzene rings is 1. The first-order chi connectivity index (χ1) is 9.54. The summed E-state index contributed by atoms with van der Waals surface area (Å²) in [5.74, 6) is 2.20. The number of imidazole rings is 1. The van der Waals surface area contributed by atoms with Gasteiger partial charge >= 0.3 is 0 Å². The van der Waals surface area contributed by atoms with Crippen LogP contribution in [0, 0.1) is 5.92 Å². The molecule has 0 amide bonds. The minimum Gasteiger partial charge on any atom is -0.345 e. The van der Waals surface area contributed by atoms with Gasteiger partial charge in [0, 0.05) is 23.7 Å². The molecule has 108 valence electrons. The summed E-state index contributed by atoms with van der Waals surface area (Å²) in [6, 6.07) is 10.4. The average Bonchev–Trinajstić information content (AvgIpc) is 2.85. The molecule has 3 heteroatoms. The lowest BCUT2D eigenvalue weighted by Crippen LogP contribution is -2.19. The maximum absolute atomic E-state index is 5.92. The molecule has 20 heavy (non-hydrogen) atoms. The zero-order valence-electron chi connectivity index (χ0n) is 12.9. The molecule has 1 aromatic heterocycles. The van der Waals surface area contributed by atoms with Crippen molar-refractivity contribution in [1.82, 2.24) is 9.97 Å². The lowest BCUT2D eigenvalue weighted by Gasteiger charge is -2.15. The maximum atomic E-state index is 5.92. The van der Waals surface area contributed by atoms with Crippen molar-refractivity contribution in [3.63, 3.8) is 0 Å². The summed E-state index contributed by atoms with van der Waals surface area (Å²) in [4.78, 5) is 8.38. The van der Waals surface area contributed by atoms with Gasteiger partial charge in [-0.15, -0.1) is 0 Å². The third kappa shape index (κ3) is 2.93. The molecule has 0 bridgehead atoms. The summed E-state index contributed by atoms with van der Waals surface area (Å²) < 4.78 is 0. The van der Waals surface area contributed by atoms with E-state index in [-0.39, 0.29) is 5.92 Å². The average molecular weight is 271 g/mol. The Bertz CT molecular complexity index is 541. The fourth-order valence-electron chi connectivity index (χ4n) is 2.51. The van der Waals surface area contributed by atoms with E-state index >= 15 is 0 Å². The van der Waals surface area contributed by atoms with E-state index in [0.717, 1.165) is 11.5 Å². The van der Waals surface area contributed by atoms with Gasteiger partial charge in [-0.25, -0.2) is 4.98 Å². The molecule has 0 spiro atoms. The summed E-state index contributed by atoms with van der Waals surface area (Å²) in [5, 5.41) is 0. The zero-order chi connectivity index (χ0) is 14.7. The number of hydrogen-bond acceptors (Lipinski definition) is 2. The molecule has 0 fully saturated rings. The number of nitrogens with two attached hydrogens (primary N) is 1. The fourth-order valence-corrected chi connectivity index (χ4v) is 2.51. The van der Waals surface area contributed by atoms with Crippen molar-refractivity contribution in [2.24, 2.45) is 11.7 Å². The van der Waals surface area contributed by atoms with Crippen LogP contribution in [0.1, 0.15) is 51.0 Å². The third-order valence-corrected chi connectivity index (χ3v) is 3.78. The largest absolute Gasteiger partial charge is 0.345 e. The van der Waals surface area contributed by atoms with Gasteiger partial charge < -0.3 is 10.7 Å². The lowest BCUT2D eigenvalue weighted by molar-refractivity contribution is 0.486. The van der Waals surface area contributed by atoms with Gasteiger partial charge in [0.2, 0.25) is 0 Å². The molecule has 0 saturated heterocycles. The second-order valence-electron chi connectivity index (χ2n) is 5.99. The first kappa shape index (κ1) is 14.8. The van der Waals surface area contributed by atoms with Gasteiger partial charge in [0.1, 0.15) is 5.82 Å². The van der Waals surface area contributed by atoms with Crippen LogP contribution in [0.15, 0.2) is 30.3 Å². The quantitative estimate of drug-likeness (QED) is 0.866. The van der Waals surface area contributed by atoms with Crippen LogP contribution in [0.25, 0.3) is 11.3 Å². The van der Waals surface area contributed by atoms with Gasteiger partial charge in [-0.2, -0.15) is 0 Å². The normalized spacial score (nSPS) is 13.2. The van der Waals surface area contributed by atoms with Gasteiger partial charge in [-0.3, -0.25) is 0 Å². The topological polar surface area (TPSA) is 54.7 Å². The number of hydrogen-bond donors (Lipinski definition) is 2. The number of rotatable bonds is 5. The minimum absolute atomic E-state index is 0.282. The van der Waals surface area contributed by atoms with Crippen LogP contribution in [-0.4, -0.2) is 16.5 Å². The van der Waals surface area contributed by atoms with Gasteiger partial charge in [0.25, 0.3) is 0 Å². The molecular weight excluding hydrogens is 246 g/mol. The Morgan fingerprint density at radius 3 is 2.25 bits per heavy atom. The molecule has 1 heterocycles. The Hall–Kier alpha value is -1.61. The first-order valence-electron chi connectivity index (χ1n) is 7.39. The smallest absolute Gasteiger partial charge is 0.111 e. The van der Waals surface area contributed by atoms with E-state index in [9.17, 15) is 0 Å². The number of nitrogens with one attached hydrogen (secondary N) is 1. The predicted molar refractivity (Wildman–Crippen MR) is 84.7 cm³/mol. The minimum atomic E-state index is 0.282. The molecule has 3 N–H and O–H groups in total. The van der Waals surface area contributed by atoms with Crippen molar-refractivity contribution in [2.75, 3.05) is 6.54 Å². The van der Waals surface area contributed by atoms with Crippen molar-refractivity contribution in [1.29, 1.82) is 0 Å². The van der Waals surface area contributed by atoms with E-state index in [4.69, 9.17) is 10.7 Å². The molecule has 1 atom stereocenters. The summed E-state index contributed by atoms with van der Waals surface area (Å²) in [5.41, 5.74) is 9.35. The Morgan fingerprint density at radius 1 is 1.10 bits per heavy atom. The van der Waals surface area contributed by atoms with E-state index in [2.05, 4.69) is 56.9 Å². The Labute approximate surface area is 121 Å². The highest BCUT2D eigenvalue weighted by molar-refractivity contribution is 5.62. The number of aromatic nitrogens is 2. The number of aromatic amines is 1. The summed E-state index contributed by atoms with van der Waals surface area (Å²) in [7, 11) is 0. The zero-order valence-corrected chi connectivity index (χ0v) is 12.9.